The van der Waals surface area contributed by atoms with Crippen molar-refractivity contribution in [1.29, 1.82) is 5.26 Å². The second-order valence-electron chi connectivity index (χ2n) is 6.29. The third-order valence-electron chi connectivity index (χ3n) is 4.41. The van der Waals surface area contributed by atoms with Crippen LogP contribution in [-0.2, 0) is 4.79 Å². The van der Waals surface area contributed by atoms with E-state index < -0.39 is 16.7 Å². The van der Waals surface area contributed by atoms with E-state index in [2.05, 4.69) is 16.4 Å². The molecule has 1 aliphatic heterocycles. The van der Waals surface area contributed by atoms with E-state index in [9.17, 15) is 20.2 Å². The van der Waals surface area contributed by atoms with Gasteiger partial charge in [-0.2, -0.15) is 5.26 Å². The number of nitriles is 1. The van der Waals surface area contributed by atoms with Gasteiger partial charge >= 0.3 is 0 Å². The molecule has 0 spiro atoms. The van der Waals surface area contributed by atoms with Crippen LogP contribution in [0.15, 0.2) is 65.1 Å². The topological polar surface area (TPSA) is 135 Å². The number of hydrogen-bond donors (Lipinski definition) is 2. The van der Waals surface area contributed by atoms with E-state index in [4.69, 9.17) is 5.73 Å². The van der Waals surface area contributed by atoms with Crippen molar-refractivity contribution in [1.82, 2.24) is 10.3 Å². The molecule has 0 saturated carbocycles. The first kappa shape index (κ1) is 20.1. The van der Waals surface area contributed by atoms with Crippen LogP contribution in [0.1, 0.15) is 24.0 Å². The lowest BCUT2D eigenvalue weighted by molar-refractivity contribution is -0.384. The van der Waals surface area contributed by atoms with Crippen LogP contribution in [0.5, 0.6) is 0 Å². The number of non-ortho nitro benzene ring substituents is 1. The maximum atomic E-state index is 11.3. The predicted octanol–water partition coefficient (Wildman–Crippen LogP) is 3.06. The molecule has 29 heavy (non-hydrogen) atoms. The maximum absolute atomic E-state index is 11.3. The number of nitrogens with two attached hydrogens (primary N) is 1. The van der Waals surface area contributed by atoms with Crippen molar-refractivity contribution in [2.45, 2.75) is 12.8 Å². The second kappa shape index (κ2) is 8.58. The number of amides is 1. The Bertz CT molecular complexity index is 1070. The number of aromatic nitrogens is 1. The van der Waals surface area contributed by atoms with Crippen LogP contribution in [0.4, 0.5) is 5.69 Å². The molecule has 1 atom stereocenters. The molecule has 0 aliphatic carbocycles. The van der Waals surface area contributed by atoms with Gasteiger partial charge in [-0.05, 0) is 35.8 Å². The van der Waals surface area contributed by atoms with Crippen LogP contribution in [-0.4, -0.2) is 21.6 Å². The van der Waals surface area contributed by atoms with Gasteiger partial charge in [0.1, 0.15) is 0 Å². The van der Waals surface area contributed by atoms with Crippen molar-refractivity contribution in [3.8, 4) is 6.07 Å². The van der Waals surface area contributed by atoms with E-state index in [0.29, 0.717) is 16.2 Å². The number of allylic oxidation sites excluding steroid dienone is 3. The molecule has 146 valence electrons. The lowest BCUT2D eigenvalue weighted by atomic mass is 9.79. The SMILES string of the molecule is CC1=C(c2ccncc2)C(c2cccc([N+](=O)[O-])c2)C(C#N)=C(SCC(N)=O)N1. The van der Waals surface area contributed by atoms with E-state index >= 15 is 0 Å². The fourth-order valence-corrected chi connectivity index (χ4v) is 4.07. The smallest absolute Gasteiger partial charge is 0.269 e. The summed E-state index contributed by atoms with van der Waals surface area (Å²) in [5.41, 5.74) is 8.61. The number of nitrogens with zero attached hydrogens (tertiary/aromatic N) is 3. The zero-order chi connectivity index (χ0) is 21.0. The summed E-state index contributed by atoms with van der Waals surface area (Å²) in [7, 11) is 0. The number of hydrogen-bond acceptors (Lipinski definition) is 7. The number of thioether (sulfide) groups is 1. The molecule has 8 nitrogen and oxygen atoms in total. The second-order valence-corrected chi connectivity index (χ2v) is 7.28. The van der Waals surface area contributed by atoms with E-state index in [1.165, 1.54) is 12.1 Å². The summed E-state index contributed by atoms with van der Waals surface area (Å²) in [5, 5.41) is 24.9. The number of benzene rings is 1. The van der Waals surface area contributed by atoms with Crippen molar-refractivity contribution in [3.63, 3.8) is 0 Å². The minimum atomic E-state index is -0.543. The zero-order valence-electron chi connectivity index (χ0n) is 15.5. The minimum Gasteiger partial charge on any atom is -0.369 e. The number of nitro benzene ring substituents is 1. The number of dihydropyridines is 1. The third kappa shape index (κ3) is 4.28. The summed E-state index contributed by atoms with van der Waals surface area (Å²) in [5.74, 6) is -1.04. The average molecular weight is 407 g/mol. The third-order valence-corrected chi connectivity index (χ3v) is 5.45. The molecule has 1 aromatic carbocycles. The van der Waals surface area contributed by atoms with Gasteiger partial charge in [-0.3, -0.25) is 19.9 Å². The molecular weight excluding hydrogens is 390 g/mol. The molecule has 0 fully saturated rings. The Balaban J connectivity index is 2.20. The number of primary amides is 1. The monoisotopic (exact) mass is 407 g/mol. The van der Waals surface area contributed by atoms with Crippen LogP contribution in [0.25, 0.3) is 5.57 Å². The Kier molecular flexibility index (Phi) is 5.95. The molecule has 1 aliphatic rings. The first-order valence-electron chi connectivity index (χ1n) is 8.60. The van der Waals surface area contributed by atoms with Crippen molar-refractivity contribution in [3.05, 3.63) is 86.3 Å². The zero-order valence-corrected chi connectivity index (χ0v) is 16.3. The van der Waals surface area contributed by atoms with Gasteiger partial charge in [0.2, 0.25) is 5.91 Å². The minimum absolute atomic E-state index is 0.00699. The summed E-state index contributed by atoms with van der Waals surface area (Å²) < 4.78 is 0. The van der Waals surface area contributed by atoms with Gasteiger partial charge in [-0.25, -0.2) is 0 Å². The van der Waals surface area contributed by atoms with Gasteiger partial charge in [0.25, 0.3) is 5.69 Å². The Morgan fingerprint density at radius 2 is 2.10 bits per heavy atom. The van der Waals surface area contributed by atoms with Crippen LogP contribution in [0.2, 0.25) is 0 Å². The number of pyridine rings is 1. The van der Waals surface area contributed by atoms with Gasteiger partial charge in [-0.15, -0.1) is 0 Å². The fourth-order valence-electron chi connectivity index (χ4n) is 3.24. The van der Waals surface area contributed by atoms with E-state index in [1.807, 2.05) is 19.1 Å². The van der Waals surface area contributed by atoms with Crippen LogP contribution >= 0.6 is 11.8 Å². The van der Waals surface area contributed by atoms with Crippen molar-refractivity contribution >= 4 is 28.9 Å². The number of carbonyl (C=O) groups is 1. The van der Waals surface area contributed by atoms with Crippen LogP contribution < -0.4 is 11.1 Å². The molecule has 1 amide bonds. The lowest BCUT2D eigenvalue weighted by Crippen LogP contribution is -2.25. The number of rotatable bonds is 6. The van der Waals surface area contributed by atoms with Crippen LogP contribution in [0, 0.1) is 21.4 Å². The Hall–Kier alpha value is -3.64. The maximum Gasteiger partial charge on any atom is 0.269 e. The van der Waals surface area contributed by atoms with Gasteiger partial charge in [0.15, 0.2) is 0 Å². The standard InChI is InChI=1S/C20H17N5O3S/c1-12-18(13-5-7-23-8-6-13)19(14-3-2-4-15(9-14)25(27)28)16(10-21)20(24-12)29-11-17(22)26/h2-9,19,24H,11H2,1H3,(H2,22,26). The lowest BCUT2D eigenvalue weighted by Gasteiger charge is -2.30. The molecule has 0 saturated heterocycles. The molecule has 1 unspecified atom stereocenters. The summed E-state index contributed by atoms with van der Waals surface area (Å²) in [6, 6.07) is 12.1. The highest BCUT2D eigenvalue weighted by Crippen LogP contribution is 2.45. The number of carbonyl (C=O) groups excluding carboxylic acids is 1. The summed E-state index contributed by atoms with van der Waals surface area (Å²) >= 11 is 1.14. The molecule has 3 rings (SSSR count). The molecule has 0 radical (unpaired) electrons. The summed E-state index contributed by atoms with van der Waals surface area (Å²) in [4.78, 5) is 26.1. The predicted molar refractivity (Wildman–Crippen MR) is 110 cm³/mol. The number of nitrogens with one attached hydrogen (secondary N) is 1. The van der Waals surface area contributed by atoms with Crippen molar-refractivity contribution in [2.24, 2.45) is 5.73 Å². The summed E-state index contributed by atoms with van der Waals surface area (Å²) in [6.07, 6.45) is 3.29. The van der Waals surface area contributed by atoms with Crippen LogP contribution in [0.3, 0.4) is 0 Å². The fraction of sp³-hybridized carbons (Fsp3) is 0.150. The van der Waals surface area contributed by atoms with Crippen molar-refractivity contribution in [2.75, 3.05) is 5.75 Å². The average Bonchev–Trinajstić information content (AvgIpc) is 2.72. The molecule has 2 heterocycles. The highest BCUT2D eigenvalue weighted by atomic mass is 32.2. The Morgan fingerprint density at radius 1 is 1.38 bits per heavy atom. The van der Waals surface area contributed by atoms with Gasteiger partial charge in [0, 0.05) is 36.1 Å². The Labute approximate surface area is 171 Å². The molecular formula is C20H17N5O3S. The summed E-state index contributed by atoms with van der Waals surface area (Å²) in [6.45, 7) is 1.86. The number of nitro groups is 1. The quantitative estimate of drug-likeness (QED) is 0.555. The highest BCUT2D eigenvalue weighted by Gasteiger charge is 2.32. The van der Waals surface area contributed by atoms with E-state index in [1.54, 1.807) is 24.5 Å². The normalized spacial score (nSPS) is 16.2. The largest absolute Gasteiger partial charge is 0.369 e. The Morgan fingerprint density at radius 3 is 2.72 bits per heavy atom. The van der Waals surface area contributed by atoms with E-state index in [0.717, 1.165) is 28.6 Å². The molecule has 2 aromatic rings. The first-order chi connectivity index (χ1) is 13.9. The first-order valence-corrected chi connectivity index (χ1v) is 9.58. The molecule has 9 heteroatoms. The molecule has 0 bridgehead atoms. The van der Waals surface area contributed by atoms with E-state index in [-0.39, 0.29) is 11.4 Å². The molecule has 3 N–H and O–H groups in total. The molecule has 1 aromatic heterocycles. The van der Waals surface area contributed by atoms with Gasteiger partial charge in [-0.1, -0.05) is 23.9 Å². The van der Waals surface area contributed by atoms with Crippen molar-refractivity contribution < 1.29 is 9.72 Å². The highest BCUT2D eigenvalue weighted by molar-refractivity contribution is 8.03. The van der Waals surface area contributed by atoms with Gasteiger partial charge < -0.3 is 11.1 Å². The van der Waals surface area contributed by atoms with Gasteiger partial charge in [0.05, 0.1) is 27.3 Å².